The van der Waals surface area contributed by atoms with Crippen LogP contribution in [-0.2, 0) is 22.7 Å². The molecule has 0 aliphatic rings. The van der Waals surface area contributed by atoms with E-state index in [4.69, 9.17) is 15.2 Å². The molecule has 0 heterocycles. The molecule has 0 unspecified atom stereocenters. The Morgan fingerprint density at radius 2 is 1.14 bits per heavy atom. The van der Waals surface area contributed by atoms with Crippen LogP contribution in [-0.4, -0.2) is 18.8 Å². The first-order valence-electron chi connectivity index (χ1n) is 7.18. The van der Waals surface area contributed by atoms with Crippen molar-refractivity contribution in [3.8, 4) is 0 Å². The van der Waals surface area contributed by atoms with E-state index in [1.807, 2.05) is 67.6 Å². The highest BCUT2D eigenvalue weighted by molar-refractivity contribution is 5.14. The summed E-state index contributed by atoms with van der Waals surface area (Å²) >= 11 is 0. The maximum Gasteiger partial charge on any atom is 0.0717 e. The van der Waals surface area contributed by atoms with Crippen LogP contribution in [0.4, 0.5) is 0 Å². The predicted molar refractivity (Wildman–Crippen MR) is 84.8 cm³/mol. The Bertz CT molecular complexity index is 464. The standard InChI is InChI=1S/C18H23NO2/c1-18(19,14-20-12-16-8-4-2-5-9-16)15-21-13-17-10-6-3-7-11-17/h2-11H,12-15,19H2,1H3. The average Bonchev–Trinajstić information content (AvgIpc) is 2.49. The van der Waals surface area contributed by atoms with Gasteiger partial charge in [0.25, 0.3) is 0 Å². The Morgan fingerprint density at radius 1 is 0.762 bits per heavy atom. The van der Waals surface area contributed by atoms with Gasteiger partial charge in [-0.3, -0.25) is 0 Å². The molecular weight excluding hydrogens is 262 g/mol. The summed E-state index contributed by atoms with van der Waals surface area (Å²) in [6, 6.07) is 20.2. The Hall–Kier alpha value is -1.68. The summed E-state index contributed by atoms with van der Waals surface area (Å²) in [5.74, 6) is 0. The van der Waals surface area contributed by atoms with E-state index in [2.05, 4.69) is 0 Å². The minimum absolute atomic E-state index is 0.469. The highest BCUT2D eigenvalue weighted by atomic mass is 16.5. The molecule has 0 amide bonds. The van der Waals surface area contributed by atoms with E-state index in [0.29, 0.717) is 26.4 Å². The molecule has 0 aliphatic carbocycles. The van der Waals surface area contributed by atoms with E-state index in [-0.39, 0.29) is 0 Å². The first-order valence-corrected chi connectivity index (χ1v) is 7.18. The summed E-state index contributed by atoms with van der Waals surface area (Å²) in [6.07, 6.45) is 0. The SMILES string of the molecule is CC(N)(COCc1ccccc1)COCc1ccccc1. The fourth-order valence-corrected chi connectivity index (χ4v) is 1.99. The third kappa shape index (κ3) is 6.08. The van der Waals surface area contributed by atoms with Crippen LogP contribution in [0.5, 0.6) is 0 Å². The second-order valence-electron chi connectivity index (χ2n) is 5.61. The topological polar surface area (TPSA) is 44.5 Å². The molecule has 0 fully saturated rings. The second-order valence-corrected chi connectivity index (χ2v) is 5.61. The van der Waals surface area contributed by atoms with Gasteiger partial charge in [0, 0.05) is 0 Å². The molecule has 0 radical (unpaired) electrons. The van der Waals surface area contributed by atoms with Crippen molar-refractivity contribution in [2.75, 3.05) is 13.2 Å². The normalized spacial score (nSPS) is 11.5. The van der Waals surface area contributed by atoms with E-state index < -0.39 is 5.54 Å². The van der Waals surface area contributed by atoms with Gasteiger partial charge >= 0.3 is 0 Å². The Kier molecular flexibility index (Phi) is 5.93. The number of ether oxygens (including phenoxy) is 2. The Morgan fingerprint density at radius 3 is 1.52 bits per heavy atom. The predicted octanol–water partition coefficient (Wildman–Crippen LogP) is 3.14. The molecule has 112 valence electrons. The highest BCUT2D eigenvalue weighted by Crippen LogP contribution is 2.08. The van der Waals surface area contributed by atoms with Gasteiger partial charge in [-0.25, -0.2) is 0 Å². The maximum absolute atomic E-state index is 6.20. The number of nitrogens with two attached hydrogens (primary N) is 1. The van der Waals surface area contributed by atoms with Gasteiger partial charge in [0.05, 0.1) is 32.0 Å². The van der Waals surface area contributed by atoms with E-state index in [1.165, 1.54) is 0 Å². The molecule has 0 aliphatic heterocycles. The number of benzene rings is 2. The molecule has 21 heavy (non-hydrogen) atoms. The van der Waals surface area contributed by atoms with Crippen molar-refractivity contribution in [1.29, 1.82) is 0 Å². The van der Waals surface area contributed by atoms with E-state index in [0.717, 1.165) is 11.1 Å². The zero-order valence-corrected chi connectivity index (χ0v) is 12.5. The summed E-state index contributed by atoms with van der Waals surface area (Å²) < 4.78 is 11.4. The fraction of sp³-hybridized carbons (Fsp3) is 0.333. The minimum atomic E-state index is -0.483. The fourth-order valence-electron chi connectivity index (χ4n) is 1.99. The lowest BCUT2D eigenvalue weighted by Crippen LogP contribution is -2.45. The smallest absolute Gasteiger partial charge is 0.0717 e. The van der Waals surface area contributed by atoms with E-state index in [9.17, 15) is 0 Å². The first kappa shape index (κ1) is 15.7. The van der Waals surface area contributed by atoms with Crippen molar-refractivity contribution in [2.24, 2.45) is 5.73 Å². The third-order valence-corrected chi connectivity index (χ3v) is 3.09. The number of hydrogen-bond donors (Lipinski definition) is 1. The lowest BCUT2D eigenvalue weighted by molar-refractivity contribution is 0.0183. The molecule has 0 spiro atoms. The second kappa shape index (κ2) is 7.93. The van der Waals surface area contributed by atoms with Crippen LogP contribution in [0.2, 0.25) is 0 Å². The summed E-state index contributed by atoms with van der Waals surface area (Å²) in [6.45, 7) is 4.04. The number of hydrogen-bond acceptors (Lipinski definition) is 3. The molecule has 0 saturated heterocycles. The molecule has 0 saturated carbocycles. The quantitative estimate of drug-likeness (QED) is 0.810. The molecule has 2 N–H and O–H groups in total. The van der Waals surface area contributed by atoms with Gasteiger partial charge in [0.2, 0.25) is 0 Å². The van der Waals surface area contributed by atoms with Crippen LogP contribution in [0.15, 0.2) is 60.7 Å². The largest absolute Gasteiger partial charge is 0.375 e. The van der Waals surface area contributed by atoms with Crippen LogP contribution < -0.4 is 5.73 Å². The van der Waals surface area contributed by atoms with Gasteiger partial charge in [-0.15, -0.1) is 0 Å². The van der Waals surface area contributed by atoms with Crippen molar-refractivity contribution in [2.45, 2.75) is 25.7 Å². The van der Waals surface area contributed by atoms with Crippen molar-refractivity contribution >= 4 is 0 Å². The van der Waals surface area contributed by atoms with Gasteiger partial charge in [0.15, 0.2) is 0 Å². The first-order chi connectivity index (χ1) is 10.2. The van der Waals surface area contributed by atoms with Crippen LogP contribution >= 0.6 is 0 Å². The Balaban J connectivity index is 1.67. The van der Waals surface area contributed by atoms with Crippen LogP contribution in [0.25, 0.3) is 0 Å². The van der Waals surface area contributed by atoms with Gasteiger partial charge in [-0.2, -0.15) is 0 Å². The van der Waals surface area contributed by atoms with Crippen molar-refractivity contribution < 1.29 is 9.47 Å². The molecule has 3 heteroatoms. The monoisotopic (exact) mass is 285 g/mol. The summed E-state index contributed by atoms with van der Waals surface area (Å²) in [4.78, 5) is 0. The number of rotatable bonds is 8. The zero-order chi connectivity index (χ0) is 15.0. The summed E-state index contributed by atoms with van der Waals surface area (Å²) in [7, 11) is 0. The summed E-state index contributed by atoms with van der Waals surface area (Å²) in [5.41, 5.74) is 8.02. The molecule has 3 nitrogen and oxygen atoms in total. The minimum Gasteiger partial charge on any atom is -0.375 e. The van der Waals surface area contributed by atoms with Crippen LogP contribution in [0.1, 0.15) is 18.1 Å². The van der Waals surface area contributed by atoms with E-state index in [1.54, 1.807) is 0 Å². The van der Waals surface area contributed by atoms with Gasteiger partial charge in [-0.05, 0) is 18.1 Å². The van der Waals surface area contributed by atoms with E-state index >= 15 is 0 Å². The average molecular weight is 285 g/mol. The van der Waals surface area contributed by atoms with Gasteiger partial charge in [0.1, 0.15) is 0 Å². The lowest BCUT2D eigenvalue weighted by Gasteiger charge is -2.24. The molecule has 2 rings (SSSR count). The van der Waals surface area contributed by atoms with Crippen molar-refractivity contribution in [3.63, 3.8) is 0 Å². The van der Waals surface area contributed by atoms with Gasteiger partial charge < -0.3 is 15.2 Å². The zero-order valence-electron chi connectivity index (χ0n) is 12.5. The van der Waals surface area contributed by atoms with Crippen molar-refractivity contribution in [1.82, 2.24) is 0 Å². The highest BCUT2D eigenvalue weighted by Gasteiger charge is 2.19. The third-order valence-electron chi connectivity index (χ3n) is 3.09. The molecular formula is C18H23NO2. The molecule has 0 aromatic heterocycles. The van der Waals surface area contributed by atoms with Crippen LogP contribution in [0, 0.1) is 0 Å². The molecule has 2 aromatic carbocycles. The van der Waals surface area contributed by atoms with Crippen molar-refractivity contribution in [3.05, 3.63) is 71.8 Å². The molecule has 0 atom stereocenters. The van der Waals surface area contributed by atoms with Gasteiger partial charge in [-0.1, -0.05) is 60.7 Å². The lowest BCUT2D eigenvalue weighted by atomic mass is 10.1. The Labute approximate surface area is 126 Å². The van der Waals surface area contributed by atoms with Crippen LogP contribution in [0.3, 0.4) is 0 Å². The molecule has 2 aromatic rings. The molecule has 0 bridgehead atoms. The summed E-state index contributed by atoms with van der Waals surface area (Å²) in [5, 5.41) is 0. The maximum atomic E-state index is 6.20.